The summed E-state index contributed by atoms with van der Waals surface area (Å²) in [5.74, 6) is -0.521. The first kappa shape index (κ1) is 18.3. The number of benzene rings is 2. The Kier molecular flexibility index (Phi) is 6.89. The van der Waals surface area contributed by atoms with E-state index in [0.717, 1.165) is 17.7 Å². The second-order valence-corrected chi connectivity index (χ2v) is 5.16. The number of carboxylic acid groups (broad SMARTS) is 1. The van der Waals surface area contributed by atoms with Crippen LogP contribution >= 0.6 is 0 Å². The number of aliphatic hydroxyl groups is 1. The molecule has 0 fully saturated rings. The lowest BCUT2D eigenvalue weighted by Gasteiger charge is -2.04. The van der Waals surface area contributed by atoms with Gasteiger partial charge in [-0.1, -0.05) is 38.1 Å². The number of aliphatic hydroxyl groups excluding tert-OH is 1. The largest absolute Gasteiger partial charge is 0.478 e. The van der Waals surface area contributed by atoms with Crippen molar-refractivity contribution in [3.05, 3.63) is 75.3 Å². The minimum absolute atomic E-state index is 0.0422. The Morgan fingerprint density at radius 2 is 1.61 bits per heavy atom. The topological polar surface area (TPSA) is 101 Å². The first-order valence-corrected chi connectivity index (χ1v) is 7.02. The van der Waals surface area contributed by atoms with Gasteiger partial charge in [0, 0.05) is 12.1 Å². The van der Waals surface area contributed by atoms with E-state index in [1.165, 1.54) is 17.7 Å². The van der Waals surface area contributed by atoms with E-state index in [1.807, 2.05) is 12.1 Å². The first-order valence-electron chi connectivity index (χ1n) is 7.02. The molecule has 0 radical (unpaired) electrons. The Morgan fingerprint density at radius 1 is 1.09 bits per heavy atom. The highest BCUT2D eigenvalue weighted by molar-refractivity contribution is 5.87. The van der Waals surface area contributed by atoms with E-state index in [9.17, 15) is 14.9 Å². The number of hydrogen-bond donors (Lipinski definition) is 2. The third-order valence-electron chi connectivity index (χ3n) is 3.15. The summed E-state index contributed by atoms with van der Waals surface area (Å²) in [4.78, 5) is 19.9. The van der Waals surface area contributed by atoms with Crippen LogP contribution in [0, 0.1) is 10.1 Å². The SMILES string of the molecule is CC(C)c1ccc(CO)cc1.O=C(O)c1ccc([N+](=O)[O-])cc1. The number of aromatic carboxylic acids is 1. The molecule has 0 atom stereocenters. The van der Waals surface area contributed by atoms with Crippen molar-refractivity contribution in [3.63, 3.8) is 0 Å². The minimum Gasteiger partial charge on any atom is -0.478 e. The standard InChI is InChI=1S/C10H14O.C7H5NO4/c1-8(2)10-5-3-9(7-11)4-6-10;9-7(10)5-1-3-6(4-2-5)8(11)12/h3-6,8,11H,7H2,1-2H3;1-4H,(H,9,10). The normalized spacial score (nSPS) is 9.91. The predicted molar refractivity (Wildman–Crippen MR) is 86.5 cm³/mol. The average molecular weight is 317 g/mol. The zero-order chi connectivity index (χ0) is 17.4. The fraction of sp³-hybridized carbons (Fsp3) is 0.235. The molecule has 2 rings (SSSR count). The number of rotatable bonds is 4. The Balaban J connectivity index is 0.000000231. The Morgan fingerprint density at radius 3 is 1.96 bits per heavy atom. The van der Waals surface area contributed by atoms with Crippen LogP contribution in [0.25, 0.3) is 0 Å². The summed E-state index contributed by atoms with van der Waals surface area (Å²) >= 11 is 0. The lowest BCUT2D eigenvalue weighted by molar-refractivity contribution is -0.384. The van der Waals surface area contributed by atoms with Crippen molar-refractivity contribution in [2.75, 3.05) is 0 Å². The minimum atomic E-state index is -1.09. The molecular formula is C17H19NO5. The van der Waals surface area contributed by atoms with E-state index in [-0.39, 0.29) is 17.9 Å². The van der Waals surface area contributed by atoms with Gasteiger partial charge in [-0.2, -0.15) is 0 Å². The van der Waals surface area contributed by atoms with Crippen molar-refractivity contribution in [2.45, 2.75) is 26.4 Å². The molecule has 0 aliphatic rings. The van der Waals surface area contributed by atoms with E-state index in [1.54, 1.807) is 0 Å². The molecular weight excluding hydrogens is 298 g/mol. The molecule has 0 heterocycles. The molecule has 0 aliphatic heterocycles. The second-order valence-electron chi connectivity index (χ2n) is 5.16. The molecule has 0 bridgehead atoms. The third-order valence-corrected chi connectivity index (χ3v) is 3.15. The molecule has 2 N–H and O–H groups in total. The summed E-state index contributed by atoms with van der Waals surface area (Å²) in [6.45, 7) is 4.46. The number of hydrogen-bond acceptors (Lipinski definition) is 4. The molecule has 2 aromatic rings. The first-order chi connectivity index (χ1) is 10.8. The number of carbonyl (C=O) groups is 1. The van der Waals surface area contributed by atoms with Crippen LogP contribution in [0.3, 0.4) is 0 Å². The quantitative estimate of drug-likeness (QED) is 0.663. The van der Waals surface area contributed by atoms with Crippen molar-refractivity contribution >= 4 is 11.7 Å². The van der Waals surface area contributed by atoms with Crippen LogP contribution in [-0.4, -0.2) is 21.1 Å². The zero-order valence-corrected chi connectivity index (χ0v) is 13.0. The van der Waals surface area contributed by atoms with Gasteiger partial charge < -0.3 is 10.2 Å². The molecule has 0 saturated heterocycles. The number of nitro groups is 1. The number of nitro benzene ring substituents is 1. The van der Waals surface area contributed by atoms with Crippen molar-refractivity contribution in [1.82, 2.24) is 0 Å². The number of carboxylic acids is 1. The molecule has 0 aliphatic carbocycles. The van der Waals surface area contributed by atoms with Crippen LogP contribution in [0.4, 0.5) is 5.69 Å². The summed E-state index contributed by atoms with van der Waals surface area (Å²) in [5.41, 5.74) is 2.23. The van der Waals surface area contributed by atoms with Crippen LogP contribution in [0.1, 0.15) is 41.3 Å². The van der Waals surface area contributed by atoms with Crippen molar-refractivity contribution in [3.8, 4) is 0 Å². The van der Waals surface area contributed by atoms with Crippen molar-refractivity contribution in [2.24, 2.45) is 0 Å². The van der Waals surface area contributed by atoms with Crippen LogP contribution in [0.15, 0.2) is 48.5 Å². The molecule has 6 heteroatoms. The van der Waals surface area contributed by atoms with Gasteiger partial charge in [-0.25, -0.2) is 4.79 Å². The number of nitrogens with zero attached hydrogens (tertiary/aromatic N) is 1. The highest BCUT2D eigenvalue weighted by Crippen LogP contribution is 2.14. The molecule has 0 aromatic heterocycles. The van der Waals surface area contributed by atoms with Crippen LogP contribution in [0.2, 0.25) is 0 Å². The fourth-order valence-corrected chi connectivity index (χ4v) is 1.73. The van der Waals surface area contributed by atoms with Gasteiger partial charge in [0.25, 0.3) is 5.69 Å². The Labute approximate surface area is 134 Å². The van der Waals surface area contributed by atoms with E-state index in [2.05, 4.69) is 26.0 Å². The van der Waals surface area contributed by atoms with Gasteiger partial charge >= 0.3 is 5.97 Å². The maximum absolute atomic E-state index is 10.3. The van der Waals surface area contributed by atoms with Crippen LogP contribution in [-0.2, 0) is 6.61 Å². The molecule has 23 heavy (non-hydrogen) atoms. The van der Waals surface area contributed by atoms with Crippen molar-refractivity contribution in [1.29, 1.82) is 0 Å². The smallest absolute Gasteiger partial charge is 0.335 e. The lowest BCUT2D eigenvalue weighted by atomic mass is 10.0. The van der Waals surface area contributed by atoms with Gasteiger partial charge in [0.2, 0.25) is 0 Å². The summed E-state index contributed by atoms with van der Waals surface area (Å²) in [6.07, 6.45) is 0. The molecule has 0 amide bonds. The third kappa shape index (κ3) is 5.88. The maximum Gasteiger partial charge on any atom is 0.335 e. The van der Waals surface area contributed by atoms with Gasteiger partial charge in [-0.05, 0) is 29.2 Å². The highest BCUT2D eigenvalue weighted by atomic mass is 16.6. The lowest BCUT2D eigenvalue weighted by Crippen LogP contribution is -1.96. The highest BCUT2D eigenvalue weighted by Gasteiger charge is 2.06. The second kappa shape index (κ2) is 8.65. The molecule has 0 spiro atoms. The van der Waals surface area contributed by atoms with Gasteiger partial charge in [-0.3, -0.25) is 10.1 Å². The molecule has 0 saturated carbocycles. The zero-order valence-electron chi connectivity index (χ0n) is 13.0. The van der Waals surface area contributed by atoms with E-state index in [4.69, 9.17) is 10.2 Å². The Bertz CT molecular complexity index is 615. The van der Waals surface area contributed by atoms with E-state index < -0.39 is 10.9 Å². The van der Waals surface area contributed by atoms with Crippen LogP contribution < -0.4 is 0 Å². The van der Waals surface area contributed by atoms with Gasteiger partial charge in [0.15, 0.2) is 0 Å². The molecule has 2 aromatic carbocycles. The predicted octanol–water partition coefficient (Wildman–Crippen LogP) is 3.60. The average Bonchev–Trinajstić information content (AvgIpc) is 2.55. The van der Waals surface area contributed by atoms with Crippen molar-refractivity contribution < 1.29 is 19.9 Å². The van der Waals surface area contributed by atoms with E-state index >= 15 is 0 Å². The summed E-state index contributed by atoms with van der Waals surface area (Å²) in [5, 5.41) is 27.4. The molecule has 0 unspecified atom stereocenters. The summed E-state index contributed by atoms with van der Waals surface area (Å²) in [6, 6.07) is 12.8. The fourth-order valence-electron chi connectivity index (χ4n) is 1.73. The summed E-state index contributed by atoms with van der Waals surface area (Å²) < 4.78 is 0. The molecule has 122 valence electrons. The van der Waals surface area contributed by atoms with Gasteiger partial charge in [0.1, 0.15) is 0 Å². The van der Waals surface area contributed by atoms with Crippen LogP contribution in [0.5, 0.6) is 0 Å². The molecule has 6 nitrogen and oxygen atoms in total. The van der Waals surface area contributed by atoms with Gasteiger partial charge in [-0.15, -0.1) is 0 Å². The number of non-ortho nitro benzene ring substituents is 1. The summed E-state index contributed by atoms with van der Waals surface area (Å²) in [7, 11) is 0. The maximum atomic E-state index is 10.3. The van der Waals surface area contributed by atoms with E-state index in [0.29, 0.717) is 5.92 Å². The monoisotopic (exact) mass is 317 g/mol. The Hall–Kier alpha value is -2.73. The van der Waals surface area contributed by atoms with Gasteiger partial charge in [0.05, 0.1) is 17.1 Å².